The van der Waals surface area contributed by atoms with Gasteiger partial charge in [-0.15, -0.1) is 0 Å². The highest BCUT2D eigenvalue weighted by atomic mass is 32.1. The van der Waals surface area contributed by atoms with Crippen molar-refractivity contribution in [2.45, 2.75) is 13.0 Å². The third-order valence-corrected chi connectivity index (χ3v) is 2.77. The summed E-state index contributed by atoms with van der Waals surface area (Å²) in [5.74, 6) is 0.929. The Labute approximate surface area is 81.9 Å². The van der Waals surface area contributed by atoms with Gasteiger partial charge in [0.1, 0.15) is 0 Å². The van der Waals surface area contributed by atoms with Gasteiger partial charge in [0.15, 0.2) is 5.96 Å². The Kier molecular flexibility index (Phi) is 2.49. The Morgan fingerprint density at radius 1 is 1.69 bits per heavy atom. The number of thiophene rings is 1. The third kappa shape index (κ3) is 2.01. The lowest BCUT2D eigenvalue weighted by Crippen LogP contribution is -2.35. The summed E-state index contributed by atoms with van der Waals surface area (Å²) in [6.07, 6.45) is 0. The minimum Gasteiger partial charge on any atom is -0.355 e. The summed E-state index contributed by atoms with van der Waals surface area (Å²) >= 11 is 1.73. The van der Waals surface area contributed by atoms with E-state index >= 15 is 0 Å². The van der Waals surface area contributed by atoms with Crippen molar-refractivity contribution in [3.8, 4) is 0 Å². The molecule has 0 spiro atoms. The number of nitrogens with zero attached hydrogens (tertiary/aromatic N) is 1. The Morgan fingerprint density at radius 2 is 2.62 bits per heavy atom. The molecule has 0 amide bonds. The predicted molar refractivity (Wildman–Crippen MR) is 56.2 cm³/mol. The zero-order valence-electron chi connectivity index (χ0n) is 7.58. The van der Waals surface area contributed by atoms with E-state index in [1.54, 1.807) is 11.3 Å². The normalized spacial score (nSPS) is 17.8. The summed E-state index contributed by atoms with van der Waals surface area (Å²) in [7, 11) is 0. The Hall–Kier alpha value is -1.03. The molecule has 0 aliphatic carbocycles. The van der Waals surface area contributed by atoms with Crippen LogP contribution < -0.4 is 10.6 Å². The summed E-state index contributed by atoms with van der Waals surface area (Å²) in [5.41, 5.74) is 1.32. The average Bonchev–Trinajstić information content (AvgIpc) is 2.74. The fourth-order valence-corrected chi connectivity index (χ4v) is 2.06. The molecule has 2 heterocycles. The maximum absolute atomic E-state index is 4.28. The zero-order chi connectivity index (χ0) is 9.10. The van der Waals surface area contributed by atoms with Gasteiger partial charge in [0, 0.05) is 6.54 Å². The molecule has 70 valence electrons. The second-order valence-electron chi connectivity index (χ2n) is 3.08. The largest absolute Gasteiger partial charge is 0.355 e. The van der Waals surface area contributed by atoms with Gasteiger partial charge in [-0.2, -0.15) is 11.3 Å². The van der Waals surface area contributed by atoms with Gasteiger partial charge < -0.3 is 10.6 Å². The molecule has 1 atom stereocenters. The van der Waals surface area contributed by atoms with Crippen molar-refractivity contribution in [3.05, 3.63) is 22.4 Å². The van der Waals surface area contributed by atoms with E-state index in [9.17, 15) is 0 Å². The third-order valence-electron chi connectivity index (χ3n) is 2.07. The van der Waals surface area contributed by atoms with Gasteiger partial charge in [0.05, 0.1) is 12.6 Å². The van der Waals surface area contributed by atoms with Gasteiger partial charge in [0.2, 0.25) is 0 Å². The first-order valence-electron chi connectivity index (χ1n) is 4.43. The highest BCUT2D eigenvalue weighted by molar-refractivity contribution is 7.07. The molecule has 0 fully saturated rings. The van der Waals surface area contributed by atoms with E-state index in [4.69, 9.17) is 0 Å². The van der Waals surface area contributed by atoms with E-state index in [0.29, 0.717) is 6.04 Å². The minimum absolute atomic E-state index is 0.343. The van der Waals surface area contributed by atoms with E-state index in [1.807, 2.05) is 0 Å². The summed E-state index contributed by atoms with van der Waals surface area (Å²) in [6.45, 7) is 3.99. The molecule has 0 radical (unpaired) electrons. The van der Waals surface area contributed by atoms with Crippen molar-refractivity contribution in [2.24, 2.45) is 4.99 Å². The van der Waals surface area contributed by atoms with Crippen LogP contribution in [0.1, 0.15) is 18.5 Å². The first-order valence-corrected chi connectivity index (χ1v) is 5.37. The molecule has 2 N–H and O–H groups in total. The second kappa shape index (κ2) is 3.79. The van der Waals surface area contributed by atoms with E-state index in [-0.39, 0.29) is 0 Å². The molecule has 0 saturated carbocycles. The number of aliphatic imine (C=N–C) groups is 1. The summed E-state index contributed by atoms with van der Waals surface area (Å²) < 4.78 is 0. The second-order valence-corrected chi connectivity index (χ2v) is 3.86. The van der Waals surface area contributed by atoms with Gasteiger partial charge in [-0.05, 0) is 29.3 Å². The van der Waals surface area contributed by atoms with Crippen molar-refractivity contribution in [1.82, 2.24) is 10.6 Å². The van der Waals surface area contributed by atoms with Crippen molar-refractivity contribution in [3.63, 3.8) is 0 Å². The van der Waals surface area contributed by atoms with Crippen LogP contribution in [0.25, 0.3) is 0 Å². The molecule has 1 unspecified atom stereocenters. The number of rotatable bonds is 2. The molecule has 0 bridgehead atoms. The molecule has 0 saturated heterocycles. The van der Waals surface area contributed by atoms with Crippen molar-refractivity contribution >= 4 is 17.3 Å². The van der Waals surface area contributed by atoms with Gasteiger partial charge in [-0.3, -0.25) is 4.99 Å². The minimum atomic E-state index is 0.343. The number of hydrogen-bond acceptors (Lipinski definition) is 4. The van der Waals surface area contributed by atoms with Crippen LogP contribution in [0.4, 0.5) is 0 Å². The van der Waals surface area contributed by atoms with E-state index in [2.05, 4.69) is 39.4 Å². The van der Waals surface area contributed by atoms with E-state index < -0.39 is 0 Å². The maximum atomic E-state index is 4.28. The van der Waals surface area contributed by atoms with E-state index in [0.717, 1.165) is 19.0 Å². The van der Waals surface area contributed by atoms with Gasteiger partial charge in [-0.1, -0.05) is 0 Å². The topological polar surface area (TPSA) is 36.4 Å². The Morgan fingerprint density at radius 3 is 3.23 bits per heavy atom. The fraction of sp³-hybridized carbons (Fsp3) is 0.444. The first-order chi connectivity index (χ1) is 6.36. The van der Waals surface area contributed by atoms with Crippen LogP contribution in [-0.2, 0) is 0 Å². The highest BCUT2D eigenvalue weighted by Gasteiger charge is 2.10. The monoisotopic (exact) mass is 195 g/mol. The molecule has 13 heavy (non-hydrogen) atoms. The lowest BCUT2D eigenvalue weighted by atomic mass is 10.2. The van der Waals surface area contributed by atoms with Crippen molar-refractivity contribution in [1.29, 1.82) is 0 Å². The van der Waals surface area contributed by atoms with Crippen LogP contribution in [0.15, 0.2) is 21.8 Å². The number of guanidine groups is 1. The SMILES string of the molecule is CC(NC1=NCCN1)c1ccsc1. The maximum Gasteiger partial charge on any atom is 0.191 e. The molecule has 4 heteroatoms. The lowest BCUT2D eigenvalue weighted by Gasteiger charge is -2.13. The molecule has 3 nitrogen and oxygen atoms in total. The van der Waals surface area contributed by atoms with Gasteiger partial charge in [-0.25, -0.2) is 0 Å². The Balaban J connectivity index is 1.95. The molecular weight excluding hydrogens is 182 g/mol. The van der Waals surface area contributed by atoms with Crippen molar-refractivity contribution in [2.75, 3.05) is 13.1 Å². The lowest BCUT2D eigenvalue weighted by molar-refractivity contribution is 0.705. The predicted octanol–water partition coefficient (Wildman–Crippen LogP) is 1.36. The number of hydrogen-bond donors (Lipinski definition) is 2. The Bertz CT molecular complexity index is 292. The molecule has 1 aliphatic heterocycles. The van der Waals surface area contributed by atoms with Crippen LogP contribution in [0.2, 0.25) is 0 Å². The first kappa shape index (κ1) is 8.56. The zero-order valence-corrected chi connectivity index (χ0v) is 8.40. The quantitative estimate of drug-likeness (QED) is 0.747. The van der Waals surface area contributed by atoms with Crippen LogP contribution in [0.5, 0.6) is 0 Å². The molecular formula is C9H13N3S. The summed E-state index contributed by atoms with van der Waals surface area (Å²) in [6, 6.07) is 2.48. The summed E-state index contributed by atoms with van der Waals surface area (Å²) in [5, 5.41) is 10.8. The van der Waals surface area contributed by atoms with Crippen LogP contribution >= 0.6 is 11.3 Å². The summed E-state index contributed by atoms with van der Waals surface area (Å²) in [4.78, 5) is 4.28. The molecule has 0 aromatic carbocycles. The molecule has 1 aliphatic rings. The number of nitrogens with one attached hydrogen (secondary N) is 2. The van der Waals surface area contributed by atoms with Gasteiger partial charge >= 0.3 is 0 Å². The van der Waals surface area contributed by atoms with Crippen molar-refractivity contribution < 1.29 is 0 Å². The molecule has 2 rings (SSSR count). The molecule has 1 aromatic heterocycles. The molecule has 1 aromatic rings. The van der Waals surface area contributed by atoms with Gasteiger partial charge in [0.25, 0.3) is 0 Å². The van der Waals surface area contributed by atoms with Crippen LogP contribution in [0.3, 0.4) is 0 Å². The fourth-order valence-electron chi connectivity index (χ4n) is 1.30. The average molecular weight is 195 g/mol. The van der Waals surface area contributed by atoms with E-state index in [1.165, 1.54) is 5.56 Å². The van der Waals surface area contributed by atoms with Crippen LogP contribution in [0, 0.1) is 0 Å². The standard InChI is InChI=1S/C9H13N3S/c1-7(8-2-5-13-6-8)12-9-10-3-4-11-9/h2,5-7H,3-4H2,1H3,(H2,10,11,12). The van der Waals surface area contributed by atoms with Crippen LogP contribution in [-0.4, -0.2) is 19.0 Å². The highest BCUT2D eigenvalue weighted by Crippen LogP contribution is 2.15. The smallest absolute Gasteiger partial charge is 0.191 e.